The molecule has 27 heavy (non-hydrogen) atoms. The number of rotatable bonds is 5. The third kappa shape index (κ3) is 4.14. The van der Waals surface area contributed by atoms with E-state index in [0.29, 0.717) is 49.3 Å². The molecule has 0 unspecified atom stereocenters. The molecule has 3 heterocycles. The summed E-state index contributed by atoms with van der Waals surface area (Å²) in [7, 11) is -3.46. The van der Waals surface area contributed by atoms with Crippen LogP contribution in [0.4, 0.5) is 0 Å². The van der Waals surface area contributed by atoms with Gasteiger partial charge in [-0.25, -0.2) is 8.42 Å². The molecule has 1 saturated heterocycles. The molecule has 1 aromatic carbocycles. The number of hydrogen-bond acceptors (Lipinski definition) is 7. The second kappa shape index (κ2) is 7.80. The molecule has 3 aromatic rings. The summed E-state index contributed by atoms with van der Waals surface area (Å²) >= 11 is 4.91. The first-order chi connectivity index (χ1) is 13.0. The zero-order valence-electron chi connectivity index (χ0n) is 14.3. The Balaban J connectivity index is 1.37. The average molecular weight is 469 g/mol. The van der Waals surface area contributed by atoms with Crippen LogP contribution in [0.25, 0.3) is 11.4 Å². The molecule has 0 atom stereocenters. The van der Waals surface area contributed by atoms with E-state index >= 15 is 0 Å². The Kier molecular flexibility index (Phi) is 5.42. The maximum Gasteiger partial charge on any atom is 0.243 e. The van der Waals surface area contributed by atoms with Crippen LogP contribution in [0, 0.1) is 0 Å². The lowest BCUT2D eigenvalue weighted by atomic mass is 10.3. The average Bonchev–Trinajstić information content (AvgIpc) is 3.34. The quantitative estimate of drug-likeness (QED) is 0.572. The van der Waals surface area contributed by atoms with E-state index in [1.165, 1.54) is 4.31 Å². The summed E-state index contributed by atoms with van der Waals surface area (Å²) in [4.78, 5) is 6.86. The van der Waals surface area contributed by atoms with Crippen LogP contribution in [-0.4, -0.2) is 53.9 Å². The summed E-state index contributed by atoms with van der Waals surface area (Å²) < 4.78 is 33.2. The van der Waals surface area contributed by atoms with Gasteiger partial charge in [0, 0.05) is 41.6 Å². The lowest BCUT2D eigenvalue weighted by molar-refractivity contribution is 0.163. The van der Waals surface area contributed by atoms with Crippen molar-refractivity contribution >= 4 is 37.3 Å². The molecule has 0 saturated carbocycles. The molecule has 1 aliphatic heterocycles. The van der Waals surface area contributed by atoms with Gasteiger partial charge in [-0.2, -0.15) is 20.6 Å². The van der Waals surface area contributed by atoms with E-state index < -0.39 is 10.0 Å². The second-order valence-corrected chi connectivity index (χ2v) is 9.79. The third-order valence-corrected chi connectivity index (χ3v) is 7.51. The SMILES string of the molecule is O=S(=O)(c1ccc(Br)cc1)N1CCN(Cc2nc(-c3ccsc3)no2)CC1. The first-order valence-electron chi connectivity index (χ1n) is 8.35. The fourth-order valence-corrected chi connectivity index (χ4v) is 5.22. The van der Waals surface area contributed by atoms with Gasteiger partial charge < -0.3 is 4.52 Å². The Morgan fingerprint density at radius 3 is 2.52 bits per heavy atom. The minimum absolute atomic E-state index is 0.316. The number of thiophene rings is 1. The monoisotopic (exact) mass is 468 g/mol. The number of sulfonamides is 1. The predicted octanol–water partition coefficient (Wildman–Crippen LogP) is 3.07. The Morgan fingerprint density at radius 1 is 1.11 bits per heavy atom. The van der Waals surface area contributed by atoms with E-state index in [4.69, 9.17) is 4.52 Å². The first-order valence-corrected chi connectivity index (χ1v) is 11.5. The van der Waals surface area contributed by atoms with Gasteiger partial charge in [0.15, 0.2) is 0 Å². The molecule has 0 aliphatic carbocycles. The van der Waals surface area contributed by atoms with Crippen molar-refractivity contribution in [3.05, 3.63) is 51.5 Å². The van der Waals surface area contributed by atoms with Crippen LogP contribution in [0.15, 0.2) is 55.0 Å². The number of hydrogen-bond donors (Lipinski definition) is 0. The molecular weight excluding hydrogens is 452 g/mol. The zero-order chi connectivity index (χ0) is 18.9. The molecule has 142 valence electrons. The minimum Gasteiger partial charge on any atom is -0.338 e. The fourth-order valence-electron chi connectivity index (χ4n) is 2.90. The smallest absolute Gasteiger partial charge is 0.243 e. The van der Waals surface area contributed by atoms with Crippen molar-refractivity contribution in [1.82, 2.24) is 19.3 Å². The summed E-state index contributed by atoms with van der Waals surface area (Å²) in [6.07, 6.45) is 0. The number of halogens is 1. The van der Waals surface area contributed by atoms with Gasteiger partial charge in [0.2, 0.25) is 21.7 Å². The van der Waals surface area contributed by atoms with E-state index in [1.54, 1.807) is 35.6 Å². The number of benzene rings is 1. The Hall–Kier alpha value is -1.59. The zero-order valence-corrected chi connectivity index (χ0v) is 17.5. The van der Waals surface area contributed by atoms with Gasteiger partial charge in [0.1, 0.15) is 0 Å². The molecule has 10 heteroatoms. The van der Waals surface area contributed by atoms with Crippen LogP contribution < -0.4 is 0 Å². The minimum atomic E-state index is -3.46. The van der Waals surface area contributed by atoms with E-state index in [9.17, 15) is 8.42 Å². The van der Waals surface area contributed by atoms with Crippen molar-refractivity contribution in [1.29, 1.82) is 0 Å². The molecule has 1 aliphatic rings. The van der Waals surface area contributed by atoms with Crippen LogP contribution in [0.2, 0.25) is 0 Å². The second-order valence-electron chi connectivity index (χ2n) is 6.16. The van der Waals surface area contributed by atoms with Crippen molar-refractivity contribution in [2.45, 2.75) is 11.4 Å². The molecule has 4 rings (SSSR count). The highest BCUT2D eigenvalue weighted by molar-refractivity contribution is 9.10. The van der Waals surface area contributed by atoms with Gasteiger partial charge in [0.05, 0.1) is 11.4 Å². The molecule has 1 fully saturated rings. The standard InChI is InChI=1S/C17H17BrN4O3S2/c18-14-1-3-15(4-2-14)27(23,24)22-8-6-21(7-9-22)11-16-19-17(20-25-16)13-5-10-26-12-13/h1-5,10,12H,6-9,11H2. The van der Waals surface area contributed by atoms with Gasteiger partial charge in [-0.1, -0.05) is 21.1 Å². The topological polar surface area (TPSA) is 79.5 Å². The van der Waals surface area contributed by atoms with Crippen LogP contribution in [0.5, 0.6) is 0 Å². The van der Waals surface area contributed by atoms with Crippen molar-refractivity contribution in [3.8, 4) is 11.4 Å². The van der Waals surface area contributed by atoms with Crippen LogP contribution in [0.3, 0.4) is 0 Å². The van der Waals surface area contributed by atoms with Gasteiger partial charge in [0.25, 0.3) is 0 Å². The highest BCUT2D eigenvalue weighted by Crippen LogP contribution is 2.22. The van der Waals surface area contributed by atoms with Crippen molar-refractivity contribution in [2.24, 2.45) is 0 Å². The summed E-state index contributed by atoms with van der Waals surface area (Å²) in [5.74, 6) is 1.13. The Labute approximate surface area is 169 Å². The van der Waals surface area contributed by atoms with E-state index in [2.05, 4.69) is 31.0 Å². The van der Waals surface area contributed by atoms with Gasteiger partial charge in [-0.05, 0) is 35.7 Å². The van der Waals surface area contributed by atoms with Crippen molar-refractivity contribution in [3.63, 3.8) is 0 Å². The molecule has 7 nitrogen and oxygen atoms in total. The van der Waals surface area contributed by atoms with Gasteiger partial charge in [-0.3, -0.25) is 4.90 Å². The predicted molar refractivity (Wildman–Crippen MR) is 106 cm³/mol. The maximum absolute atomic E-state index is 12.8. The summed E-state index contributed by atoms with van der Waals surface area (Å²) in [6, 6.07) is 8.67. The number of aromatic nitrogens is 2. The van der Waals surface area contributed by atoms with Crippen molar-refractivity contribution in [2.75, 3.05) is 26.2 Å². The lowest BCUT2D eigenvalue weighted by Gasteiger charge is -2.33. The third-order valence-electron chi connectivity index (χ3n) is 4.39. The van der Waals surface area contributed by atoms with E-state index in [1.807, 2.05) is 16.8 Å². The normalized spacial score (nSPS) is 16.6. The summed E-state index contributed by atoms with van der Waals surface area (Å²) in [5, 5.41) is 7.95. The van der Waals surface area contributed by atoms with Crippen molar-refractivity contribution < 1.29 is 12.9 Å². The van der Waals surface area contributed by atoms with Crippen LogP contribution in [0.1, 0.15) is 5.89 Å². The fraction of sp³-hybridized carbons (Fsp3) is 0.294. The highest BCUT2D eigenvalue weighted by atomic mass is 79.9. The number of nitrogens with zero attached hydrogens (tertiary/aromatic N) is 4. The van der Waals surface area contributed by atoms with Gasteiger partial charge in [-0.15, -0.1) is 0 Å². The number of piperazine rings is 1. The Bertz CT molecular complexity index is 995. The molecule has 0 bridgehead atoms. The summed E-state index contributed by atoms with van der Waals surface area (Å²) in [5.41, 5.74) is 0.945. The van der Waals surface area contributed by atoms with Crippen LogP contribution in [-0.2, 0) is 16.6 Å². The summed E-state index contributed by atoms with van der Waals surface area (Å²) in [6.45, 7) is 2.62. The first kappa shape index (κ1) is 18.8. The largest absolute Gasteiger partial charge is 0.338 e. The van der Waals surface area contributed by atoms with E-state index in [-0.39, 0.29) is 0 Å². The highest BCUT2D eigenvalue weighted by Gasteiger charge is 2.29. The molecule has 2 aromatic heterocycles. The molecule has 0 N–H and O–H groups in total. The molecule has 0 amide bonds. The maximum atomic E-state index is 12.8. The van der Waals surface area contributed by atoms with Crippen LogP contribution >= 0.6 is 27.3 Å². The molecule has 0 spiro atoms. The molecule has 0 radical (unpaired) electrons. The van der Waals surface area contributed by atoms with E-state index in [0.717, 1.165) is 10.0 Å². The lowest BCUT2D eigenvalue weighted by Crippen LogP contribution is -2.48. The Morgan fingerprint density at radius 2 is 1.85 bits per heavy atom. The molecular formula is C17H17BrN4O3S2. The van der Waals surface area contributed by atoms with Gasteiger partial charge >= 0.3 is 0 Å².